The predicted molar refractivity (Wildman–Crippen MR) is 84.1 cm³/mol. The van der Waals surface area contributed by atoms with Crippen molar-refractivity contribution in [1.82, 2.24) is 9.62 Å². The van der Waals surface area contributed by atoms with E-state index >= 15 is 0 Å². The fourth-order valence-electron chi connectivity index (χ4n) is 2.36. The van der Waals surface area contributed by atoms with Gasteiger partial charge in [0.25, 0.3) is 0 Å². The maximum Gasteiger partial charge on any atom is 0.241 e. The van der Waals surface area contributed by atoms with E-state index in [1.807, 2.05) is 7.05 Å². The Hall–Kier alpha value is -0.630. The van der Waals surface area contributed by atoms with E-state index in [9.17, 15) is 8.42 Å². The summed E-state index contributed by atoms with van der Waals surface area (Å²) in [5.74, 6) is 0. The molecule has 1 aromatic carbocycles. The predicted octanol–water partition coefficient (Wildman–Crippen LogP) is 1.71. The topological polar surface area (TPSA) is 75.4 Å². The third kappa shape index (κ3) is 3.52. The van der Waals surface area contributed by atoms with E-state index in [0.29, 0.717) is 15.7 Å². The molecule has 0 spiro atoms. The molecule has 1 aromatic rings. The lowest BCUT2D eigenvalue weighted by atomic mass is 10.1. The number of nitrogens with two attached hydrogens (primary N) is 1. The fraction of sp³-hybridized carbons (Fsp3) is 0.538. The lowest BCUT2D eigenvalue weighted by Gasteiger charge is -2.29. The van der Waals surface area contributed by atoms with Crippen LogP contribution in [0.15, 0.2) is 21.5 Å². The quantitative estimate of drug-likeness (QED) is 0.803. The lowest BCUT2D eigenvalue weighted by Crippen LogP contribution is -2.43. The molecule has 2 rings (SSSR count). The van der Waals surface area contributed by atoms with Gasteiger partial charge in [0.05, 0.1) is 4.90 Å². The van der Waals surface area contributed by atoms with Gasteiger partial charge in [0.15, 0.2) is 0 Å². The van der Waals surface area contributed by atoms with Gasteiger partial charge < -0.3 is 10.6 Å². The third-order valence-corrected chi connectivity index (χ3v) is 5.80. The highest BCUT2D eigenvalue weighted by Gasteiger charge is 2.25. The highest BCUT2D eigenvalue weighted by atomic mass is 79.9. The Balaban J connectivity index is 2.23. The number of nitrogens with one attached hydrogen (secondary N) is 1. The van der Waals surface area contributed by atoms with Crippen LogP contribution in [0.3, 0.4) is 0 Å². The van der Waals surface area contributed by atoms with Crippen molar-refractivity contribution in [2.24, 2.45) is 0 Å². The summed E-state index contributed by atoms with van der Waals surface area (Å²) in [6.45, 7) is 3.55. The van der Waals surface area contributed by atoms with Crippen LogP contribution in [0.4, 0.5) is 5.69 Å². The molecule has 0 radical (unpaired) electrons. The summed E-state index contributed by atoms with van der Waals surface area (Å²) in [5.41, 5.74) is 6.91. The van der Waals surface area contributed by atoms with E-state index < -0.39 is 10.0 Å². The monoisotopic (exact) mass is 361 g/mol. The Morgan fingerprint density at radius 1 is 1.35 bits per heavy atom. The number of nitrogen functional groups attached to an aromatic ring is 1. The van der Waals surface area contributed by atoms with Crippen molar-refractivity contribution in [3.8, 4) is 0 Å². The molecule has 7 heteroatoms. The number of rotatable bonds is 3. The van der Waals surface area contributed by atoms with Gasteiger partial charge in [0.1, 0.15) is 0 Å². The molecule has 5 nitrogen and oxygen atoms in total. The number of hydrogen-bond donors (Lipinski definition) is 2. The van der Waals surface area contributed by atoms with E-state index in [1.54, 1.807) is 19.1 Å². The maximum absolute atomic E-state index is 12.5. The van der Waals surface area contributed by atoms with Gasteiger partial charge in [-0.3, -0.25) is 0 Å². The first kappa shape index (κ1) is 15.8. The Morgan fingerprint density at radius 2 is 1.95 bits per heavy atom. The minimum atomic E-state index is -3.53. The van der Waals surface area contributed by atoms with Gasteiger partial charge in [-0.2, -0.15) is 0 Å². The smallest absolute Gasteiger partial charge is 0.241 e. The molecule has 112 valence electrons. The standard InChI is InChI=1S/C13H20BrN3O2S/c1-9-12(15)7-10(14)8-13(9)20(18,19)16-11-3-5-17(2)6-4-11/h7-8,11,16H,3-6,15H2,1-2H3. The summed E-state index contributed by atoms with van der Waals surface area (Å²) in [6, 6.07) is 3.31. The van der Waals surface area contributed by atoms with Crippen molar-refractivity contribution in [2.75, 3.05) is 25.9 Å². The zero-order valence-corrected chi connectivity index (χ0v) is 14.1. The second kappa shape index (κ2) is 6.01. The Morgan fingerprint density at radius 3 is 2.55 bits per heavy atom. The minimum absolute atomic E-state index is 0.00388. The molecule has 1 heterocycles. The van der Waals surface area contributed by atoms with Gasteiger partial charge in [-0.15, -0.1) is 0 Å². The number of benzene rings is 1. The Labute approximate surface area is 128 Å². The third-order valence-electron chi connectivity index (χ3n) is 3.69. The van der Waals surface area contributed by atoms with Crippen molar-refractivity contribution in [2.45, 2.75) is 30.7 Å². The molecule has 1 aliphatic rings. The molecule has 0 unspecified atom stereocenters. The largest absolute Gasteiger partial charge is 0.398 e. The van der Waals surface area contributed by atoms with Gasteiger partial charge in [0, 0.05) is 16.2 Å². The molecule has 0 amide bonds. The molecular weight excluding hydrogens is 342 g/mol. The first-order valence-electron chi connectivity index (χ1n) is 6.56. The second-order valence-electron chi connectivity index (χ2n) is 5.32. The van der Waals surface area contributed by atoms with Gasteiger partial charge in [-0.05, 0) is 57.6 Å². The number of hydrogen-bond acceptors (Lipinski definition) is 4. The first-order valence-corrected chi connectivity index (χ1v) is 8.83. The summed E-state index contributed by atoms with van der Waals surface area (Å²) < 4.78 is 28.5. The second-order valence-corrected chi connectivity index (χ2v) is 7.92. The molecule has 20 heavy (non-hydrogen) atoms. The van der Waals surface area contributed by atoms with E-state index in [2.05, 4.69) is 25.6 Å². The molecule has 0 atom stereocenters. The number of halogens is 1. The summed E-state index contributed by atoms with van der Waals surface area (Å²) in [7, 11) is -1.49. The molecule has 0 saturated carbocycles. The zero-order chi connectivity index (χ0) is 14.9. The summed E-state index contributed by atoms with van der Waals surface area (Å²) in [6.07, 6.45) is 1.66. The minimum Gasteiger partial charge on any atom is -0.398 e. The first-order chi connectivity index (χ1) is 9.29. The maximum atomic E-state index is 12.5. The average Bonchev–Trinajstić information content (AvgIpc) is 2.36. The Kier molecular flexibility index (Phi) is 4.73. The van der Waals surface area contributed by atoms with E-state index in [-0.39, 0.29) is 10.9 Å². The lowest BCUT2D eigenvalue weighted by molar-refractivity contribution is 0.248. The van der Waals surface area contributed by atoms with E-state index in [1.165, 1.54) is 0 Å². The van der Waals surface area contributed by atoms with Gasteiger partial charge >= 0.3 is 0 Å². The van der Waals surface area contributed by atoms with Gasteiger partial charge in [-0.1, -0.05) is 15.9 Å². The van der Waals surface area contributed by atoms with Crippen LogP contribution in [0.2, 0.25) is 0 Å². The molecule has 0 aliphatic carbocycles. The van der Waals surface area contributed by atoms with Crippen LogP contribution < -0.4 is 10.5 Å². The number of nitrogens with zero attached hydrogens (tertiary/aromatic N) is 1. The number of piperidine rings is 1. The summed E-state index contributed by atoms with van der Waals surface area (Å²) in [5, 5.41) is 0. The van der Waals surface area contributed by atoms with Crippen LogP contribution in [0.1, 0.15) is 18.4 Å². The van der Waals surface area contributed by atoms with Gasteiger partial charge in [-0.25, -0.2) is 13.1 Å². The van der Waals surface area contributed by atoms with Gasteiger partial charge in [0.2, 0.25) is 10.0 Å². The van der Waals surface area contributed by atoms with Crippen molar-refractivity contribution >= 4 is 31.6 Å². The van der Waals surface area contributed by atoms with Crippen LogP contribution in [-0.2, 0) is 10.0 Å². The van der Waals surface area contributed by atoms with Crippen molar-refractivity contribution < 1.29 is 8.42 Å². The number of sulfonamides is 1. The summed E-state index contributed by atoms with van der Waals surface area (Å²) in [4.78, 5) is 2.45. The molecule has 1 aliphatic heterocycles. The zero-order valence-electron chi connectivity index (χ0n) is 11.7. The number of anilines is 1. The molecular formula is C13H20BrN3O2S. The summed E-state index contributed by atoms with van der Waals surface area (Å²) >= 11 is 3.29. The number of likely N-dealkylation sites (tertiary alicyclic amines) is 1. The SMILES string of the molecule is Cc1c(N)cc(Br)cc1S(=O)(=O)NC1CCN(C)CC1. The van der Waals surface area contributed by atoms with Crippen LogP contribution in [0, 0.1) is 6.92 Å². The molecule has 1 fully saturated rings. The fourth-order valence-corrected chi connectivity index (χ4v) is 4.59. The highest BCUT2D eigenvalue weighted by Crippen LogP contribution is 2.26. The van der Waals surface area contributed by atoms with E-state index in [4.69, 9.17) is 5.73 Å². The van der Waals surface area contributed by atoms with Crippen molar-refractivity contribution in [1.29, 1.82) is 0 Å². The normalized spacial score (nSPS) is 18.4. The molecule has 0 aromatic heterocycles. The van der Waals surface area contributed by atoms with Crippen molar-refractivity contribution in [3.63, 3.8) is 0 Å². The van der Waals surface area contributed by atoms with E-state index in [0.717, 1.165) is 25.9 Å². The molecule has 1 saturated heterocycles. The molecule has 3 N–H and O–H groups in total. The van der Waals surface area contributed by atoms with Crippen LogP contribution in [-0.4, -0.2) is 39.5 Å². The van der Waals surface area contributed by atoms with Crippen LogP contribution in [0.25, 0.3) is 0 Å². The highest BCUT2D eigenvalue weighted by molar-refractivity contribution is 9.10. The van der Waals surface area contributed by atoms with Crippen molar-refractivity contribution in [3.05, 3.63) is 22.2 Å². The van der Waals surface area contributed by atoms with Crippen LogP contribution in [0.5, 0.6) is 0 Å². The Bertz CT molecular complexity index is 596. The van der Waals surface area contributed by atoms with Crippen LogP contribution >= 0.6 is 15.9 Å². The molecule has 0 bridgehead atoms. The average molecular weight is 362 g/mol.